The van der Waals surface area contributed by atoms with Gasteiger partial charge in [0.2, 0.25) is 0 Å². The minimum Gasteiger partial charge on any atom is -0.437 e. The summed E-state index contributed by atoms with van der Waals surface area (Å²) in [5.41, 5.74) is 2.04. The van der Waals surface area contributed by atoms with Crippen LogP contribution in [0.1, 0.15) is 37.6 Å². The molecule has 0 amide bonds. The van der Waals surface area contributed by atoms with E-state index >= 15 is 0 Å². The highest BCUT2D eigenvalue weighted by Crippen LogP contribution is 2.35. The Labute approximate surface area is 129 Å². The topological polar surface area (TPSA) is 48.4 Å². The monoisotopic (exact) mass is 305 g/mol. The van der Waals surface area contributed by atoms with Crippen LogP contribution in [0.25, 0.3) is 10.9 Å². The molecule has 0 saturated carbocycles. The van der Waals surface area contributed by atoms with E-state index in [1.807, 2.05) is 26.8 Å². The van der Waals surface area contributed by atoms with Gasteiger partial charge >= 0.3 is 6.16 Å². The minimum absolute atomic E-state index is 0.190. The Hall–Kier alpha value is -2.17. The van der Waals surface area contributed by atoms with Crippen LogP contribution in [0.5, 0.6) is 5.75 Å². The van der Waals surface area contributed by atoms with Crippen LogP contribution >= 0.6 is 0 Å². The lowest BCUT2D eigenvalue weighted by Crippen LogP contribution is -2.13. The molecule has 1 aromatic carbocycles. The normalized spacial score (nSPS) is 11.6. The van der Waals surface area contributed by atoms with Crippen molar-refractivity contribution in [2.45, 2.75) is 40.0 Å². The number of ether oxygens (including phenoxy) is 2. The van der Waals surface area contributed by atoms with Gasteiger partial charge in [-0.3, -0.25) is 0 Å². The molecule has 5 heteroatoms. The van der Waals surface area contributed by atoms with Crippen LogP contribution in [0.15, 0.2) is 12.1 Å². The SMILES string of the molecule is COC(=O)Oc1c(C)c(C)nc2c(F)cc(C(C)(C)C)cc12. The summed E-state index contributed by atoms with van der Waals surface area (Å²) in [6.07, 6.45) is -0.837. The number of benzene rings is 1. The van der Waals surface area contributed by atoms with Crippen molar-refractivity contribution in [3.05, 3.63) is 34.8 Å². The molecular weight excluding hydrogens is 285 g/mol. The first-order valence-corrected chi connectivity index (χ1v) is 7.02. The molecule has 1 aromatic heterocycles. The molecule has 0 radical (unpaired) electrons. The first kappa shape index (κ1) is 16.2. The highest BCUT2D eigenvalue weighted by atomic mass is 19.1. The third kappa shape index (κ3) is 2.89. The van der Waals surface area contributed by atoms with Gasteiger partial charge < -0.3 is 9.47 Å². The second kappa shape index (κ2) is 5.55. The number of fused-ring (bicyclic) bond motifs is 1. The number of rotatable bonds is 1. The van der Waals surface area contributed by atoms with E-state index in [-0.39, 0.29) is 10.9 Å². The zero-order chi connectivity index (χ0) is 16.7. The number of carbonyl (C=O) groups excluding carboxylic acids is 1. The number of hydrogen-bond donors (Lipinski definition) is 0. The molecule has 2 rings (SSSR count). The Balaban J connectivity index is 2.82. The highest BCUT2D eigenvalue weighted by Gasteiger charge is 2.21. The van der Waals surface area contributed by atoms with Gasteiger partial charge in [0, 0.05) is 16.6 Å². The predicted molar refractivity (Wildman–Crippen MR) is 82.9 cm³/mol. The quantitative estimate of drug-likeness (QED) is 0.731. The Morgan fingerprint density at radius 1 is 1.23 bits per heavy atom. The van der Waals surface area contributed by atoms with Crippen LogP contribution in [0, 0.1) is 19.7 Å². The Morgan fingerprint density at radius 3 is 2.41 bits per heavy atom. The molecule has 0 N–H and O–H groups in total. The molecule has 0 saturated heterocycles. The summed E-state index contributed by atoms with van der Waals surface area (Å²) in [6.45, 7) is 9.49. The Kier molecular flexibility index (Phi) is 4.09. The lowest BCUT2D eigenvalue weighted by atomic mass is 9.86. The van der Waals surface area contributed by atoms with E-state index in [0.717, 1.165) is 5.56 Å². The smallest absolute Gasteiger partial charge is 0.437 e. The number of carbonyl (C=O) groups is 1. The van der Waals surface area contributed by atoms with Crippen LogP contribution in [0.4, 0.5) is 9.18 Å². The summed E-state index contributed by atoms with van der Waals surface area (Å²) in [6, 6.07) is 3.29. The highest BCUT2D eigenvalue weighted by molar-refractivity contribution is 5.89. The van der Waals surface area contributed by atoms with E-state index < -0.39 is 12.0 Å². The zero-order valence-electron chi connectivity index (χ0n) is 13.7. The predicted octanol–water partition coefficient (Wildman–Crippen LogP) is 4.43. The van der Waals surface area contributed by atoms with E-state index in [0.29, 0.717) is 22.4 Å². The number of aryl methyl sites for hydroxylation is 1. The van der Waals surface area contributed by atoms with Gasteiger partial charge in [0.1, 0.15) is 17.1 Å². The second-order valence-corrected chi connectivity index (χ2v) is 6.31. The van der Waals surface area contributed by atoms with Gasteiger partial charge in [0.05, 0.1) is 7.11 Å². The number of aromatic nitrogens is 1. The van der Waals surface area contributed by atoms with Crippen LogP contribution in [0.3, 0.4) is 0 Å². The average molecular weight is 305 g/mol. The van der Waals surface area contributed by atoms with Crippen LogP contribution in [-0.2, 0) is 10.2 Å². The number of nitrogens with zero attached hydrogens (tertiary/aromatic N) is 1. The van der Waals surface area contributed by atoms with Gasteiger partial charge in [0.15, 0.2) is 0 Å². The fraction of sp³-hybridized carbons (Fsp3) is 0.412. The van der Waals surface area contributed by atoms with E-state index in [9.17, 15) is 9.18 Å². The Morgan fingerprint density at radius 2 is 1.86 bits per heavy atom. The van der Waals surface area contributed by atoms with Crippen molar-refractivity contribution in [1.82, 2.24) is 4.98 Å². The second-order valence-electron chi connectivity index (χ2n) is 6.31. The molecule has 22 heavy (non-hydrogen) atoms. The Bertz CT molecular complexity index is 748. The fourth-order valence-corrected chi connectivity index (χ4v) is 2.19. The maximum Gasteiger partial charge on any atom is 0.513 e. The van der Waals surface area contributed by atoms with Gasteiger partial charge in [-0.15, -0.1) is 0 Å². The van der Waals surface area contributed by atoms with Crippen molar-refractivity contribution in [2.24, 2.45) is 0 Å². The minimum atomic E-state index is -0.837. The molecule has 0 atom stereocenters. The van der Waals surface area contributed by atoms with Crippen LogP contribution in [-0.4, -0.2) is 18.2 Å². The molecule has 0 unspecified atom stereocenters. The lowest BCUT2D eigenvalue weighted by Gasteiger charge is -2.21. The first-order chi connectivity index (χ1) is 10.1. The molecule has 118 valence electrons. The molecule has 0 bridgehead atoms. The number of hydrogen-bond acceptors (Lipinski definition) is 4. The summed E-state index contributed by atoms with van der Waals surface area (Å²) in [5, 5.41) is 0.471. The zero-order valence-corrected chi connectivity index (χ0v) is 13.7. The van der Waals surface area contributed by atoms with Crippen molar-refractivity contribution in [3.63, 3.8) is 0 Å². The lowest BCUT2D eigenvalue weighted by molar-refractivity contribution is 0.121. The van der Waals surface area contributed by atoms with E-state index in [2.05, 4.69) is 9.72 Å². The largest absolute Gasteiger partial charge is 0.513 e. The first-order valence-electron chi connectivity index (χ1n) is 7.02. The van der Waals surface area contributed by atoms with Crippen LogP contribution < -0.4 is 4.74 Å². The van der Waals surface area contributed by atoms with Crippen molar-refractivity contribution >= 4 is 17.1 Å². The maximum atomic E-state index is 14.5. The van der Waals surface area contributed by atoms with Gasteiger partial charge in [-0.05, 0) is 37.0 Å². The molecule has 0 fully saturated rings. The maximum absolute atomic E-state index is 14.5. The fourth-order valence-electron chi connectivity index (χ4n) is 2.19. The van der Waals surface area contributed by atoms with E-state index in [1.165, 1.54) is 13.2 Å². The van der Waals surface area contributed by atoms with Crippen molar-refractivity contribution in [1.29, 1.82) is 0 Å². The van der Waals surface area contributed by atoms with Crippen LogP contribution in [0.2, 0.25) is 0 Å². The summed E-state index contributed by atoms with van der Waals surface area (Å²) in [4.78, 5) is 15.8. The number of pyridine rings is 1. The van der Waals surface area contributed by atoms with Crippen molar-refractivity contribution in [3.8, 4) is 5.75 Å². The summed E-state index contributed by atoms with van der Waals surface area (Å²) in [5.74, 6) is -0.139. The standard InChI is InChI=1S/C17H20FNO3/c1-9-10(2)19-14-12(15(9)22-16(20)21-6)7-11(8-13(14)18)17(3,4)5/h7-8H,1-6H3. The molecule has 0 aliphatic heterocycles. The van der Waals surface area contributed by atoms with E-state index in [4.69, 9.17) is 4.74 Å². The van der Waals surface area contributed by atoms with Crippen molar-refractivity contribution in [2.75, 3.05) is 7.11 Å². The molecule has 2 aromatic rings. The van der Waals surface area contributed by atoms with Gasteiger partial charge in [0.25, 0.3) is 0 Å². The molecular formula is C17H20FNO3. The van der Waals surface area contributed by atoms with Gasteiger partial charge in [-0.25, -0.2) is 14.2 Å². The molecule has 4 nitrogen and oxygen atoms in total. The molecule has 1 heterocycles. The molecule has 0 aliphatic carbocycles. The summed E-state index contributed by atoms with van der Waals surface area (Å²) >= 11 is 0. The molecule has 0 aliphatic rings. The summed E-state index contributed by atoms with van der Waals surface area (Å²) < 4.78 is 24.2. The average Bonchev–Trinajstić information content (AvgIpc) is 2.43. The van der Waals surface area contributed by atoms with Gasteiger partial charge in [-0.1, -0.05) is 20.8 Å². The third-order valence-electron chi connectivity index (χ3n) is 3.69. The number of methoxy groups -OCH3 is 1. The number of halogens is 1. The van der Waals surface area contributed by atoms with Crippen molar-refractivity contribution < 1.29 is 18.7 Å². The third-order valence-corrected chi connectivity index (χ3v) is 3.69. The summed E-state index contributed by atoms with van der Waals surface area (Å²) in [7, 11) is 1.23. The van der Waals surface area contributed by atoms with E-state index in [1.54, 1.807) is 13.8 Å². The molecule has 0 spiro atoms. The van der Waals surface area contributed by atoms with Gasteiger partial charge in [-0.2, -0.15) is 0 Å².